The van der Waals surface area contributed by atoms with Crippen molar-refractivity contribution in [3.63, 3.8) is 0 Å². The molecule has 0 bridgehead atoms. The lowest BCUT2D eigenvalue weighted by Crippen LogP contribution is -2.39. The van der Waals surface area contributed by atoms with E-state index in [0.29, 0.717) is 27.7 Å². The van der Waals surface area contributed by atoms with Gasteiger partial charge in [0.25, 0.3) is 10.0 Å². The van der Waals surface area contributed by atoms with Crippen LogP contribution in [0.3, 0.4) is 0 Å². The first-order valence-electron chi connectivity index (χ1n) is 9.01. The highest BCUT2D eigenvalue weighted by atomic mass is 35.5. The number of halogens is 2. The summed E-state index contributed by atoms with van der Waals surface area (Å²) in [5.74, 6) is 0. The molecule has 0 aliphatic rings. The Kier molecular flexibility index (Phi) is 8.16. The van der Waals surface area contributed by atoms with Gasteiger partial charge in [-0.05, 0) is 76.8 Å². The van der Waals surface area contributed by atoms with Gasteiger partial charge in [0.1, 0.15) is 0 Å². The maximum Gasteiger partial charge on any atom is 0.264 e. The van der Waals surface area contributed by atoms with Crippen LogP contribution >= 0.6 is 23.2 Å². The number of sulfonamides is 1. The molecule has 154 valence electrons. The highest BCUT2D eigenvalue weighted by Crippen LogP contribution is 2.33. The van der Waals surface area contributed by atoms with Gasteiger partial charge in [-0.1, -0.05) is 29.3 Å². The first-order chi connectivity index (χ1) is 13.2. The highest BCUT2D eigenvalue weighted by Gasteiger charge is 2.31. The largest absolute Gasteiger partial charge is 0.392 e. The number of nitrogens with zero attached hydrogens (tertiary/aromatic N) is 2. The van der Waals surface area contributed by atoms with E-state index in [1.807, 2.05) is 21.0 Å². The summed E-state index contributed by atoms with van der Waals surface area (Å²) in [6.45, 7) is 2.43. The van der Waals surface area contributed by atoms with Crippen molar-refractivity contribution < 1.29 is 13.5 Å². The van der Waals surface area contributed by atoms with E-state index in [2.05, 4.69) is 4.90 Å². The Morgan fingerprint density at radius 2 is 1.64 bits per heavy atom. The van der Waals surface area contributed by atoms with Gasteiger partial charge >= 0.3 is 0 Å². The molecule has 2 rings (SSSR count). The van der Waals surface area contributed by atoms with Crippen molar-refractivity contribution >= 4 is 38.9 Å². The normalized spacial score (nSPS) is 13.0. The molecule has 0 heterocycles. The molecule has 0 aliphatic carbocycles. The molecule has 0 saturated heterocycles. The predicted molar refractivity (Wildman–Crippen MR) is 116 cm³/mol. The molecular weight excluding hydrogens is 419 g/mol. The van der Waals surface area contributed by atoms with Crippen molar-refractivity contribution in [1.29, 1.82) is 0 Å². The molecular formula is C20H26Cl2N2O3S. The molecule has 0 spiro atoms. The number of hydrogen-bond acceptors (Lipinski definition) is 4. The average Bonchev–Trinajstić information content (AvgIpc) is 2.62. The van der Waals surface area contributed by atoms with E-state index in [-0.39, 0.29) is 17.5 Å². The van der Waals surface area contributed by atoms with E-state index in [4.69, 9.17) is 23.2 Å². The van der Waals surface area contributed by atoms with Gasteiger partial charge in [0.15, 0.2) is 0 Å². The van der Waals surface area contributed by atoms with Crippen molar-refractivity contribution in [3.8, 4) is 0 Å². The van der Waals surface area contributed by atoms with Crippen molar-refractivity contribution in [2.45, 2.75) is 37.3 Å². The molecule has 1 atom stereocenters. The molecule has 5 nitrogen and oxygen atoms in total. The Morgan fingerprint density at radius 1 is 1.04 bits per heavy atom. The zero-order valence-corrected chi connectivity index (χ0v) is 18.6. The fourth-order valence-corrected chi connectivity index (χ4v) is 5.03. The first kappa shape index (κ1) is 23.0. The standard InChI is InChI=1S/C20H26Cl2N2O3S/c1-15(5-4-12-23(2)3)24(20-13-18(22)7-6-16(20)14-25)28(26,27)19-10-8-17(21)9-11-19/h6-11,13,15,25H,4-5,12,14H2,1-3H3/t15-/m1/s1. The summed E-state index contributed by atoms with van der Waals surface area (Å²) in [6, 6.07) is 10.6. The van der Waals surface area contributed by atoms with E-state index >= 15 is 0 Å². The molecule has 0 aliphatic heterocycles. The second-order valence-electron chi connectivity index (χ2n) is 6.98. The smallest absolute Gasteiger partial charge is 0.264 e. The Labute approximate surface area is 177 Å². The third-order valence-electron chi connectivity index (χ3n) is 4.45. The monoisotopic (exact) mass is 444 g/mol. The van der Waals surface area contributed by atoms with Gasteiger partial charge < -0.3 is 10.0 Å². The fourth-order valence-electron chi connectivity index (χ4n) is 3.02. The minimum Gasteiger partial charge on any atom is -0.392 e. The summed E-state index contributed by atoms with van der Waals surface area (Å²) in [6.07, 6.45) is 1.48. The molecule has 0 amide bonds. The summed E-state index contributed by atoms with van der Waals surface area (Å²) in [4.78, 5) is 2.20. The molecule has 0 radical (unpaired) electrons. The van der Waals surface area contributed by atoms with Crippen LogP contribution in [0.5, 0.6) is 0 Å². The Morgan fingerprint density at radius 3 is 2.21 bits per heavy atom. The highest BCUT2D eigenvalue weighted by molar-refractivity contribution is 7.92. The fraction of sp³-hybridized carbons (Fsp3) is 0.400. The lowest BCUT2D eigenvalue weighted by atomic mass is 10.1. The second kappa shape index (κ2) is 9.94. The van der Waals surface area contributed by atoms with Crippen LogP contribution in [0, 0.1) is 0 Å². The van der Waals surface area contributed by atoms with Gasteiger partial charge in [-0.25, -0.2) is 8.42 Å². The average molecular weight is 445 g/mol. The number of benzene rings is 2. The maximum absolute atomic E-state index is 13.5. The van der Waals surface area contributed by atoms with Crippen LogP contribution in [-0.2, 0) is 16.6 Å². The second-order valence-corrected chi connectivity index (χ2v) is 9.67. The number of hydrogen-bond donors (Lipinski definition) is 1. The quantitative estimate of drug-likeness (QED) is 0.621. The molecule has 2 aromatic rings. The number of aliphatic hydroxyl groups is 1. The first-order valence-corrected chi connectivity index (χ1v) is 11.2. The van der Waals surface area contributed by atoms with Crippen LogP contribution in [0.25, 0.3) is 0 Å². The van der Waals surface area contributed by atoms with E-state index in [9.17, 15) is 13.5 Å². The summed E-state index contributed by atoms with van der Waals surface area (Å²) >= 11 is 12.1. The van der Waals surface area contributed by atoms with Gasteiger partial charge in [-0.2, -0.15) is 0 Å². The molecule has 28 heavy (non-hydrogen) atoms. The van der Waals surface area contributed by atoms with Crippen molar-refractivity contribution in [1.82, 2.24) is 4.90 Å². The molecule has 8 heteroatoms. The number of rotatable bonds is 9. The van der Waals surface area contributed by atoms with Crippen LogP contribution in [0.15, 0.2) is 47.4 Å². The lowest BCUT2D eigenvalue weighted by molar-refractivity contribution is 0.282. The van der Waals surface area contributed by atoms with Gasteiger partial charge in [-0.15, -0.1) is 0 Å². The molecule has 0 saturated carbocycles. The van der Waals surface area contributed by atoms with Crippen LogP contribution in [0.1, 0.15) is 25.3 Å². The zero-order chi connectivity index (χ0) is 20.9. The minimum absolute atomic E-state index is 0.139. The van der Waals surface area contributed by atoms with Crippen molar-refractivity contribution in [3.05, 3.63) is 58.1 Å². The maximum atomic E-state index is 13.5. The van der Waals surface area contributed by atoms with E-state index < -0.39 is 10.0 Å². The number of anilines is 1. The number of aliphatic hydroxyl groups excluding tert-OH is 1. The van der Waals surface area contributed by atoms with Gasteiger partial charge in [0, 0.05) is 21.7 Å². The molecule has 1 N–H and O–H groups in total. The van der Waals surface area contributed by atoms with Crippen LogP contribution in [-0.4, -0.2) is 45.1 Å². The molecule has 0 aromatic heterocycles. The lowest BCUT2D eigenvalue weighted by Gasteiger charge is -2.32. The Bertz CT molecular complexity index is 887. The van der Waals surface area contributed by atoms with Crippen LogP contribution in [0.2, 0.25) is 10.0 Å². The van der Waals surface area contributed by atoms with Gasteiger partial charge in [0.05, 0.1) is 17.2 Å². The van der Waals surface area contributed by atoms with Gasteiger partial charge in [-0.3, -0.25) is 4.31 Å². The summed E-state index contributed by atoms with van der Waals surface area (Å²) in [7, 11) is 0.0810. The van der Waals surface area contributed by atoms with E-state index in [1.54, 1.807) is 30.3 Å². The zero-order valence-electron chi connectivity index (χ0n) is 16.3. The van der Waals surface area contributed by atoms with E-state index in [1.165, 1.54) is 16.4 Å². The van der Waals surface area contributed by atoms with Crippen LogP contribution < -0.4 is 4.31 Å². The van der Waals surface area contributed by atoms with Crippen molar-refractivity contribution in [2.75, 3.05) is 24.9 Å². The van der Waals surface area contributed by atoms with Crippen LogP contribution in [0.4, 0.5) is 5.69 Å². The van der Waals surface area contributed by atoms with E-state index in [0.717, 1.165) is 13.0 Å². The summed E-state index contributed by atoms with van der Waals surface area (Å²) in [5, 5.41) is 10.6. The summed E-state index contributed by atoms with van der Waals surface area (Å²) < 4.78 is 28.4. The molecule has 0 unspecified atom stereocenters. The summed E-state index contributed by atoms with van der Waals surface area (Å²) in [5.41, 5.74) is 0.892. The third-order valence-corrected chi connectivity index (χ3v) is 6.88. The Balaban J connectivity index is 2.52. The third kappa shape index (κ3) is 5.61. The van der Waals surface area contributed by atoms with Crippen molar-refractivity contribution in [2.24, 2.45) is 0 Å². The predicted octanol–water partition coefficient (Wildman–Crippen LogP) is 4.41. The minimum atomic E-state index is -3.88. The Hall–Kier alpha value is -1.31. The topological polar surface area (TPSA) is 60.9 Å². The SMILES string of the molecule is C[C@H](CCCN(C)C)N(c1cc(Cl)ccc1CO)S(=O)(=O)c1ccc(Cl)cc1. The van der Waals surface area contributed by atoms with Gasteiger partial charge in [0.2, 0.25) is 0 Å². The molecule has 0 fully saturated rings. The molecule has 2 aromatic carbocycles.